The molecular weight excluding hydrogens is 292 g/mol. The van der Waals surface area contributed by atoms with Crippen molar-refractivity contribution in [2.24, 2.45) is 7.05 Å². The topological polar surface area (TPSA) is 61.6 Å². The van der Waals surface area contributed by atoms with E-state index in [4.69, 9.17) is 0 Å². The average molecular weight is 320 g/mol. The van der Waals surface area contributed by atoms with Crippen LogP contribution in [-0.2, 0) is 7.05 Å². The molecule has 0 bridgehead atoms. The Hall–Kier alpha value is -1.56. The second-order valence-corrected chi connectivity index (χ2v) is 7.02. The molecule has 1 saturated heterocycles. The fourth-order valence-corrected chi connectivity index (χ4v) is 3.99. The maximum absolute atomic E-state index is 12.8. The van der Waals surface area contributed by atoms with Crippen LogP contribution in [0.1, 0.15) is 56.6 Å². The van der Waals surface area contributed by atoms with Gasteiger partial charge in [0.25, 0.3) is 0 Å². The number of hydrogen-bond donors (Lipinski definition) is 1. The molecule has 23 heavy (non-hydrogen) atoms. The van der Waals surface area contributed by atoms with Crippen LogP contribution >= 0.6 is 0 Å². The minimum atomic E-state index is -0.557. The number of carbonyl (C=O) groups excluding carboxylic acids is 1. The summed E-state index contributed by atoms with van der Waals surface area (Å²) in [6, 6.07) is 0.659. The fourth-order valence-electron chi connectivity index (χ4n) is 3.99. The van der Waals surface area contributed by atoms with Crippen LogP contribution in [0, 0.1) is 0 Å². The molecule has 1 aromatic heterocycles. The predicted molar refractivity (Wildman–Crippen MR) is 87.9 cm³/mol. The number of aliphatic hydroxyl groups is 1. The summed E-state index contributed by atoms with van der Waals surface area (Å²) in [5.74, 6) is 0. The molecule has 1 N–H and O–H groups in total. The lowest BCUT2D eigenvalue weighted by Gasteiger charge is -2.33. The number of aromatic nitrogens is 2. The van der Waals surface area contributed by atoms with E-state index in [-0.39, 0.29) is 12.1 Å². The van der Waals surface area contributed by atoms with Crippen LogP contribution in [0.4, 0.5) is 4.79 Å². The van der Waals surface area contributed by atoms with Crippen LogP contribution in [0.15, 0.2) is 12.4 Å². The van der Waals surface area contributed by atoms with Gasteiger partial charge in [-0.15, -0.1) is 0 Å². The Bertz CT molecular complexity index is 538. The SMILES string of the molecule is CN(C(=O)N1CCCC1CC(O)c1cnn(C)c1)C1CCCC1. The van der Waals surface area contributed by atoms with Gasteiger partial charge < -0.3 is 14.9 Å². The minimum Gasteiger partial charge on any atom is -0.388 e. The number of aliphatic hydroxyl groups excluding tert-OH is 1. The molecule has 1 saturated carbocycles. The second-order valence-electron chi connectivity index (χ2n) is 7.02. The van der Waals surface area contributed by atoms with Crippen LogP contribution in [0.2, 0.25) is 0 Å². The van der Waals surface area contributed by atoms with Crippen molar-refractivity contribution in [2.75, 3.05) is 13.6 Å². The molecule has 1 aromatic rings. The van der Waals surface area contributed by atoms with E-state index in [1.54, 1.807) is 10.9 Å². The quantitative estimate of drug-likeness (QED) is 0.926. The summed E-state index contributed by atoms with van der Waals surface area (Å²) in [5, 5.41) is 14.6. The lowest BCUT2D eigenvalue weighted by molar-refractivity contribution is 0.108. The van der Waals surface area contributed by atoms with Gasteiger partial charge in [0.1, 0.15) is 0 Å². The van der Waals surface area contributed by atoms with Gasteiger partial charge in [-0.1, -0.05) is 12.8 Å². The first-order valence-corrected chi connectivity index (χ1v) is 8.76. The van der Waals surface area contributed by atoms with Crippen molar-refractivity contribution in [2.45, 2.75) is 63.1 Å². The van der Waals surface area contributed by atoms with Gasteiger partial charge in [-0.3, -0.25) is 4.68 Å². The third kappa shape index (κ3) is 3.52. The summed E-state index contributed by atoms with van der Waals surface area (Å²) in [4.78, 5) is 16.7. The number of amides is 2. The van der Waals surface area contributed by atoms with Gasteiger partial charge in [0, 0.05) is 44.5 Å². The maximum atomic E-state index is 12.8. The maximum Gasteiger partial charge on any atom is 0.320 e. The van der Waals surface area contributed by atoms with Gasteiger partial charge in [-0.05, 0) is 32.1 Å². The highest BCUT2D eigenvalue weighted by Crippen LogP contribution is 2.30. The standard InChI is InChI=1S/C17H28N4O2/c1-19-12-13(11-18-19)16(22)10-15-8-5-9-21(15)17(23)20(2)14-6-3-4-7-14/h11-12,14-16,22H,3-10H2,1-2H3. The Kier molecular flexibility index (Phi) is 4.90. The summed E-state index contributed by atoms with van der Waals surface area (Å²) in [7, 11) is 3.78. The lowest BCUT2D eigenvalue weighted by atomic mass is 10.0. The Labute approximate surface area is 138 Å². The first-order chi connectivity index (χ1) is 11.1. The Morgan fingerprint density at radius 2 is 2.13 bits per heavy atom. The van der Waals surface area contributed by atoms with Crippen molar-refractivity contribution in [1.82, 2.24) is 19.6 Å². The molecule has 3 rings (SSSR count). The highest BCUT2D eigenvalue weighted by atomic mass is 16.3. The van der Waals surface area contributed by atoms with Crippen molar-refractivity contribution in [3.63, 3.8) is 0 Å². The Morgan fingerprint density at radius 3 is 2.78 bits per heavy atom. The smallest absolute Gasteiger partial charge is 0.320 e. The molecule has 6 heteroatoms. The van der Waals surface area contributed by atoms with E-state index in [1.807, 2.05) is 30.1 Å². The van der Waals surface area contributed by atoms with Crippen molar-refractivity contribution in [3.8, 4) is 0 Å². The summed E-state index contributed by atoms with van der Waals surface area (Å²) in [6.45, 7) is 0.806. The van der Waals surface area contributed by atoms with E-state index >= 15 is 0 Å². The molecular formula is C17H28N4O2. The van der Waals surface area contributed by atoms with E-state index in [1.165, 1.54) is 12.8 Å². The average Bonchev–Trinajstić information content (AvgIpc) is 3.26. The molecule has 0 aromatic carbocycles. The normalized spacial score (nSPS) is 23.4. The van der Waals surface area contributed by atoms with Crippen LogP contribution < -0.4 is 0 Å². The molecule has 2 unspecified atom stereocenters. The number of rotatable bonds is 4. The van der Waals surface area contributed by atoms with Crippen LogP contribution in [0.3, 0.4) is 0 Å². The molecule has 0 radical (unpaired) electrons. The van der Waals surface area contributed by atoms with E-state index in [0.717, 1.165) is 37.8 Å². The minimum absolute atomic E-state index is 0.126. The highest BCUT2D eigenvalue weighted by molar-refractivity contribution is 5.75. The van der Waals surface area contributed by atoms with Crippen molar-refractivity contribution in [1.29, 1.82) is 0 Å². The molecule has 128 valence electrons. The van der Waals surface area contributed by atoms with Crippen molar-refractivity contribution < 1.29 is 9.90 Å². The number of aryl methyl sites for hydroxylation is 1. The number of hydrogen-bond acceptors (Lipinski definition) is 3. The van der Waals surface area contributed by atoms with Crippen molar-refractivity contribution >= 4 is 6.03 Å². The van der Waals surface area contributed by atoms with Gasteiger partial charge in [0.15, 0.2) is 0 Å². The number of likely N-dealkylation sites (tertiary alicyclic amines) is 1. The third-order valence-corrected chi connectivity index (χ3v) is 5.40. The predicted octanol–water partition coefficient (Wildman–Crippen LogP) is 2.30. The van der Waals surface area contributed by atoms with Crippen molar-refractivity contribution in [3.05, 3.63) is 18.0 Å². The van der Waals surface area contributed by atoms with E-state index < -0.39 is 6.10 Å². The lowest BCUT2D eigenvalue weighted by Crippen LogP contribution is -2.47. The molecule has 2 fully saturated rings. The van der Waals surface area contributed by atoms with Crippen LogP contribution in [0.25, 0.3) is 0 Å². The van der Waals surface area contributed by atoms with Gasteiger partial charge in [0.05, 0.1) is 12.3 Å². The third-order valence-electron chi connectivity index (χ3n) is 5.40. The van der Waals surface area contributed by atoms with Gasteiger partial charge in [0.2, 0.25) is 0 Å². The van der Waals surface area contributed by atoms with E-state index in [2.05, 4.69) is 5.10 Å². The molecule has 2 aliphatic rings. The number of nitrogens with zero attached hydrogens (tertiary/aromatic N) is 4. The summed E-state index contributed by atoms with van der Waals surface area (Å²) in [6.07, 6.45) is 10.3. The van der Waals surface area contributed by atoms with Gasteiger partial charge in [-0.2, -0.15) is 5.10 Å². The molecule has 0 spiro atoms. The number of carbonyl (C=O) groups is 1. The molecule has 6 nitrogen and oxygen atoms in total. The number of urea groups is 1. The molecule has 1 aliphatic heterocycles. The Balaban J connectivity index is 1.61. The first-order valence-electron chi connectivity index (χ1n) is 8.76. The summed E-state index contributed by atoms with van der Waals surface area (Å²) >= 11 is 0. The van der Waals surface area contributed by atoms with E-state index in [0.29, 0.717) is 12.5 Å². The Morgan fingerprint density at radius 1 is 1.39 bits per heavy atom. The zero-order chi connectivity index (χ0) is 16.4. The van der Waals surface area contributed by atoms with Gasteiger partial charge in [-0.25, -0.2) is 4.79 Å². The zero-order valence-electron chi connectivity index (χ0n) is 14.2. The summed E-state index contributed by atoms with van der Waals surface area (Å²) < 4.78 is 1.70. The zero-order valence-corrected chi connectivity index (χ0v) is 14.2. The monoisotopic (exact) mass is 320 g/mol. The molecule has 2 heterocycles. The van der Waals surface area contributed by atoms with Crippen LogP contribution in [-0.4, -0.2) is 56.4 Å². The molecule has 1 aliphatic carbocycles. The molecule has 2 atom stereocenters. The largest absolute Gasteiger partial charge is 0.388 e. The summed E-state index contributed by atoms with van der Waals surface area (Å²) in [5.41, 5.74) is 0.830. The second kappa shape index (κ2) is 6.91. The first kappa shape index (κ1) is 16.3. The molecule has 2 amide bonds. The van der Waals surface area contributed by atoms with E-state index in [9.17, 15) is 9.90 Å². The van der Waals surface area contributed by atoms with Gasteiger partial charge >= 0.3 is 6.03 Å². The van der Waals surface area contributed by atoms with Crippen LogP contribution in [0.5, 0.6) is 0 Å². The highest BCUT2D eigenvalue weighted by Gasteiger charge is 2.34. The fraction of sp³-hybridized carbons (Fsp3) is 0.765.